The second kappa shape index (κ2) is 8.41. The number of hydrogen-bond donors (Lipinski definition) is 1. The lowest BCUT2D eigenvalue weighted by Gasteiger charge is -2.31. The molecular formula is C20H22N4O5S. The van der Waals surface area contributed by atoms with Crippen LogP contribution < -0.4 is 10.1 Å². The van der Waals surface area contributed by atoms with E-state index in [1.165, 1.54) is 10.4 Å². The number of nitrogens with zero attached hydrogens (tertiary/aromatic N) is 3. The van der Waals surface area contributed by atoms with Crippen molar-refractivity contribution in [3.8, 4) is 5.75 Å². The molecule has 158 valence electrons. The number of ether oxygens (including phenoxy) is 1. The summed E-state index contributed by atoms with van der Waals surface area (Å²) in [5, 5.41) is 10.3. The van der Waals surface area contributed by atoms with Crippen LogP contribution >= 0.6 is 0 Å². The van der Waals surface area contributed by atoms with Gasteiger partial charge >= 0.3 is 0 Å². The van der Waals surface area contributed by atoms with Crippen LogP contribution in [0, 0.1) is 5.92 Å². The number of para-hydroxylation sites is 1. The minimum Gasteiger partial charge on any atom is -0.496 e. The Balaban J connectivity index is 1.47. The van der Waals surface area contributed by atoms with E-state index in [1.54, 1.807) is 19.2 Å². The van der Waals surface area contributed by atoms with Crippen molar-refractivity contribution < 1.29 is 22.6 Å². The van der Waals surface area contributed by atoms with Crippen molar-refractivity contribution in [2.45, 2.75) is 24.3 Å². The first-order valence-corrected chi connectivity index (χ1v) is 11.1. The molecule has 0 spiro atoms. The van der Waals surface area contributed by atoms with Gasteiger partial charge < -0.3 is 10.1 Å². The summed E-state index contributed by atoms with van der Waals surface area (Å²) in [7, 11) is -2.25. The van der Waals surface area contributed by atoms with E-state index in [9.17, 15) is 13.2 Å². The van der Waals surface area contributed by atoms with Crippen LogP contribution in [0.5, 0.6) is 5.75 Å². The Morgan fingerprint density at radius 2 is 2.07 bits per heavy atom. The van der Waals surface area contributed by atoms with Gasteiger partial charge in [-0.15, -0.1) is 0 Å². The van der Waals surface area contributed by atoms with Gasteiger partial charge in [0, 0.05) is 25.2 Å². The Labute approximate surface area is 174 Å². The molecular weight excluding hydrogens is 408 g/mol. The van der Waals surface area contributed by atoms with E-state index in [0.29, 0.717) is 37.2 Å². The van der Waals surface area contributed by atoms with E-state index in [4.69, 9.17) is 4.74 Å². The van der Waals surface area contributed by atoms with Crippen LogP contribution in [-0.2, 0) is 21.4 Å². The molecule has 4 rings (SSSR count). The number of sulfonamides is 1. The third-order valence-corrected chi connectivity index (χ3v) is 7.16. The van der Waals surface area contributed by atoms with E-state index < -0.39 is 15.9 Å². The number of carbonyl (C=O) groups excluding carboxylic acids is 1. The van der Waals surface area contributed by atoms with Gasteiger partial charge in [0.25, 0.3) is 0 Å². The van der Waals surface area contributed by atoms with Crippen molar-refractivity contribution in [3.63, 3.8) is 0 Å². The van der Waals surface area contributed by atoms with Gasteiger partial charge in [0.15, 0.2) is 5.52 Å². The normalized spacial score (nSPS) is 17.7. The average Bonchev–Trinajstić information content (AvgIpc) is 3.26. The highest BCUT2D eigenvalue weighted by Gasteiger charge is 2.34. The van der Waals surface area contributed by atoms with Crippen LogP contribution in [0.3, 0.4) is 0 Å². The SMILES string of the molecule is COc1ccccc1CNC(=O)[C@H]1CCCN(S(=O)(=O)c2cccc3nonc23)C1. The number of aromatic nitrogens is 2. The number of piperidine rings is 1. The summed E-state index contributed by atoms with van der Waals surface area (Å²) in [5.41, 5.74) is 1.43. The van der Waals surface area contributed by atoms with Crippen molar-refractivity contribution in [1.29, 1.82) is 0 Å². The second-order valence-electron chi connectivity index (χ2n) is 7.12. The maximum Gasteiger partial charge on any atom is 0.245 e. The Bertz CT molecular complexity index is 1160. The van der Waals surface area contributed by atoms with Gasteiger partial charge in [0.1, 0.15) is 16.2 Å². The maximum atomic E-state index is 13.2. The van der Waals surface area contributed by atoms with E-state index in [-0.39, 0.29) is 22.9 Å². The first kappa shape index (κ1) is 20.3. The summed E-state index contributed by atoms with van der Waals surface area (Å²) in [6, 6.07) is 12.2. The fourth-order valence-corrected chi connectivity index (χ4v) is 5.34. The predicted molar refractivity (Wildman–Crippen MR) is 108 cm³/mol. The Kier molecular flexibility index (Phi) is 5.69. The highest BCUT2D eigenvalue weighted by atomic mass is 32.2. The molecule has 0 saturated carbocycles. The lowest BCUT2D eigenvalue weighted by Crippen LogP contribution is -2.45. The zero-order valence-corrected chi connectivity index (χ0v) is 17.3. The van der Waals surface area contributed by atoms with Crippen LogP contribution in [0.1, 0.15) is 18.4 Å². The van der Waals surface area contributed by atoms with E-state index in [2.05, 4.69) is 20.3 Å². The largest absolute Gasteiger partial charge is 0.496 e. The van der Waals surface area contributed by atoms with Crippen LogP contribution in [0.4, 0.5) is 0 Å². The zero-order valence-electron chi connectivity index (χ0n) is 16.4. The Hall–Kier alpha value is -2.98. The van der Waals surface area contributed by atoms with E-state index in [1.807, 2.05) is 24.3 Å². The maximum absolute atomic E-state index is 13.2. The quantitative estimate of drug-likeness (QED) is 0.636. The minimum absolute atomic E-state index is 0.0383. The lowest BCUT2D eigenvalue weighted by molar-refractivity contribution is -0.126. The molecule has 3 aromatic rings. The third kappa shape index (κ3) is 3.88. The summed E-state index contributed by atoms with van der Waals surface area (Å²) < 4.78 is 37.7. The summed E-state index contributed by atoms with van der Waals surface area (Å²) in [5.74, 6) is 0.0833. The van der Waals surface area contributed by atoms with Crippen LogP contribution in [0.25, 0.3) is 11.0 Å². The number of methoxy groups -OCH3 is 1. The molecule has 1 aromatic heterocycles. The van der Waals surface area contributed by atoms with Crippen LogP contribution in [-0.4, -0.2) is 49.1 Å². The topological polar surface area (TPSA) is 115 Å². The molecule has 0 radical (unpaired) electrons. The molecule has 1 saturated heterocycles. The number of rotatable bonds is 6. The first-order valence-electron chi connectivity index (χ1n) is 9.61. The van der Waals surface area contributed by atoms with Crippen molar-refractivity contribution >= 4 is 27.0 Å². The van der Waals surface area contributed by atoms with Gasteiger partial charge in [0.05, 0.1) is 13.0 Å². The van der Waals surface area contributed by atoms with Crippen molar-refractivity contribution in [2.75, 3.05) is 20.2 Å². The molecule has 1 atom stereocenters. The number of amides is 1. The van der Waals surface area contributed by atoms with Gasteiger partial charge in [-0.3, -0.25) is 4.79 Å². The van der Waals surface area contributed by atoms with Gasteiger partial charge in [-0.25, -0.2) is 13.0 Å². The molecule has 1 amide bonds. The fraction of sp³-hybridized carbons (Fsp3) is 0.350. The number of carbonyl (C=O) groups is 1. The monoisotopic (exact) mass is 430 g/mol. The molecule has 1 fully saturated rings. The number of fused-ring (bicyclic) bond motifs is 1. The number of nitrogens with one attached hydrogen (secondary N) is 1. The molecule has 2 heterocycles. The molecule has 2 aromatic carbocycles. The van der Waals surface area contributed by atoms with Crippen molar-refractivity contribution in [1.82, 2.24) is 19.9 Å². The molecule has 10 heteroatoms. The molecule has 1 aliphatic heterocycles. The lowest BCUT2D eigenvalue weighted by atomic mass is 9.98. The Morgan fingerprint density at radius 1 is 1.23 bits per heavy atom. The molecule has 0 bridgehead atoms. The summed E-state index contributed by atoms with van der Waals surface area (Å²) in [6.45, 7) is 0.776. The van der Waals surface area contributed by atoms with Gasteiger partial charge in [0.2, 0.25) is 15.9 Å². The average molecular weight is 430 g/mol. The number of benzene rings is 2. The number of hydrogen-bond acceptors (Lipinski definition) is 7. The smallest absolute Gasteiger partial charge is 0.245 e. The van der Waals surface area contributed by atoms with Crippen LogP contribution in [0.15, 0.2) is 52.0 Å². The molecule has 9 nitrogen and oxygen atoms in total. The Morgan fingerprint density at radius 3 is 2.90 bits per heavy atom. The molecule has 1 N–H and O–H groups in total. The first-order chi connectivity index (χ1) is 14.5. The zero-order chi connectivity index (χ0) is 21.1. The molecule has 1 aliphatic rings. The van der Waals surface area contributed by atoms with Crippen molar-refractivity contribution in [3.05, 3.63) is 48.0 Å². The third-order valence-electron chi connectivity index (χ3n) is 5.27. The standard InChI is InChI=1S/C20H22N4O5S/c1-28-17-9-3-2-6-14(17)12-21-20(25)15-7-5-11-24(13-15)30(26,27)18-10-4-8-16-19(18)23-29-22-16/h2-4,6,8-10,15H,5,7,11-13H2,1H3,(H,21,25)/t15-/m0/s1. The van der Waals surface area contributed by atoms with Gasteiger partial charge in [-0.1, -0.05) is 24.3 Å². The second-order valence-corrected chi connectivity index (χ2v) is 9.03. The highest BCUT2D eigenvalue weighted by Crippen LogP contribution is 2.27. The van der Waals surface area contributed by atoms with Gasteiger partial charge in [-0.2, -0.15) is 4.31 Å². The predicted octanol–water partition coefficient (Wildman–Crippen LogP) is 1.95. The van der Waals surface area contributed by atoms with Crippen molar-refractivity contribution in [2.24, 2.45) is 5.92 Å². The molecule has 0 unspecified atom stereocenters. The summed E-state index contributed by atoms with van der Waals surface area (Å²) >= 11 is 0. The van der Waals surface area contributed by atoms with E-state index in [0.717, 1.165) is 5.56 Å². The summed E-state index contributed by atoms with van der Waals surface area (Å²) in [4.78, 5) is 12.8. The fourth-order valence-electron chi connectivity index (χ4n) is 3.68. The molecule has 30 heavy (non-hydrogen) atoms. The van der Waals surface area contributed by atoms with Crippen LogP contribution in [0.2, 0.25) is 0 Å². The van der Waals surface area contributed by atoms with Gasteiger partial charge in [-0.05, 0) is 41.4 Å². The van der Waals surface area contributed by atoms with E-state index >= 15 is 0 Å². The summed E-state index contributed by atoms with van der Waals surface area (Å²) in [6.07, 6.45) is 1.22. The highest BCUT2D eigenvalue weighted by molar-refractivity contribution is 7.89. The minimum atomic E-state index is -3.83. The molecule has 0 aliphatic carbocycles.